The molecule has 1 rings (SSSR count). The molecule has 1 unspecified atom stereocenters. The lowest BCUT2D eigenvalue weighted by Gasteiger charge is -2.22. The van der Waals surface area contributed by atoms with Crippen molar-refractivity contribution in [1.29, 1.82) is 0 Å². The molecule has 0 saturated carbocycles. The number of esters is 2. The van der Waals surface area contributed by atoms with E-state index in [1.54, 1.807) is 68.4 Å². The summed E-state index contributed by atoms with van der Waals surface area (Å²) in [7, 11) is 0. The van der Waals surface area contributed by atoms with E-state index < -0.39 is 47.0 Å². The number of carbonyl (C=O) groups is 4. The second-order valence-electron chi connectivity index (χ2n) is 10.9. The van der Waals surface area contributed by atoms with Crippen LogP contribution in [0.2, 0.25) is 0 Å². The van der Waals surface area contributed by atoms with Crippen molar-refractivity contribution in [1.82, 2.24) is 5.32 Å². The van der Waals surface area contributed by atoms with Crippen molar-refractivity contribution in [3.05, 3.63) is 23.8 Å². The van der Waals surface area contributed by atoms with Gasteiger partial charge in [0.05, 0.1) is 16.9 Å². The second-order valence-corrected chi connectivity index (χ2v) is 10.9. The van der Waals surface area contributed by atoms with Crippen LogP contribution in [0.25, 0.3) is 0 Å². The summed E-state index contributed by atoms with van der Waals surface area (Å²) in [6.07, 6.45) is -1.79. The van der Waals surface area contributed by atoms with Gasteiger partial charge < -0.3 is 29.4 Å². The fourth-order valence-electron chi connectivity index (χ4n) is 2.57. The van der Waals surface area contributed by atoms with E-state index in [-0.39, 0.29) is 30.6 Å². The molecule has 0 aromatic heterocycles. The molecule has 0 amide bonds. The number of benzene rings is 1. The molecule has 0 bridgehead atoms. The maximum atomic E-state index is 12.5. The lowest BCUT2D eigenvalue weighted by atomic mass is 9.97. The van der Waals surface area contributed by atoms with E-state index in [4.69, 9.17) is 18.9 Å². The van der Waals surface area contributed by atoms with Gasteiger partial charge >= 0.3 is 24.1 Å². The first-order valence-electron chi connectivity index (χ1n) is 11.8. The van der Waals surface area contributed by atoms with E-state index in [0.717, 1.165) is 0 Å². The van der Waals surface area contributed by atoms with Gasteiger partial charge in [0.15, 0.2) is 11.5 Å². The summed E-state index contributed by atoms with van der Waals surface area (Å²) in [5, 5.41) is 12.5. The summed E-state index contributed by atoms with van der Waals surface area (Å²) in [5.41, 5.74) is -1.09. The quantitative estimate of drug-likeness (QED) is 0.350. The zero-order chi connectivity index (χ0) is 27.8. The molecule has 2 atom stereocenters. The summed E-state index contributed by atoms with van der Waals surface area (Å²) in [5.74, 6) is -2.11. The highest BCUT2D eigenvalue weighted by Crippen LogP contribution is 2.33. The predicted octanol–water partition coefficient (Wildman–Crippen LogP) is 4.13. The van der Waals surface area contributed by atoms with E-state index in [1.807, 2.05) is 0 Å². The van der Waals surface area contributed by atoms with Gasteiger partial charge in [-0.15, -0.1) is 0 Å². The number of nitrogens with one attached hydrogen (secondary N) is 1. The number of carbonyl (C=O) groups excluding carboxylic acids is 3. The minimum Gasteiger partial charge on any atom is -0.480 e. The maximum Gasteiger partial charge on any atom is 0.508 e. The van der Waals surface area contributed by atoms with Gasteiger partial charge in [-0.05, 0) is 86.4 Å². The maximum absolute atomic E-state index is 12.5. The van der Waals surface area contributed by atoms with Crippen LogP contribution in [0.5, 0.6) is 11.5 Å². The van der Waals surface area contributed by atoms with E-state index in [1.165, 1.54) is 12.1 Å². The molecule has 0 spiro atoms. The average molecular weight is 510 g/mol. The number of hydrogen-bond acceptors (Lipinski definition) is 9. The smallest absolute Gasteiger partial charge is 0.480 e. The Kier molecular flexibility index (Phi) is 10.9. The topological polar surface area (TPSA) is 137 Å². The summed E-state index contributed by atoms with van der Waals surface area (Å²) in [6.45, 7) is 15.2. The van der Waals surface area contributed by atoms with Crippen LogP contribution in [0.1, 0.15) is 67.9 Å². The first kappa shape index (κ1) is 30.9. The molecule has 0 radical (unpaired) electrons. The number of aliphatic carboxylic acids is 1. The molecule has 0 saturated heterocycles. The van der Waals surface area contributed by atoms with Crippen LogP contribution in [0.3, 0.4) is 0 Å². The molecular weight excluding hydrogens is 470 g/mol. The van der Waals surface area contributed by atoms with E-state index >= 15 is 0 Å². The Morgan fingerprint density at radius 2 is 1.39 bits per heavy atom. The molecule has 2 N–H and O–H groups in total. The molecule has 0 heterocycles. The second kappa shape index (κ2) is 12.7. The monoisotopic (exact) mass is 509 g/mol. The Hall–Kier alpha value is -3.14. The molecular formula is C26H39NO9. The highest BCUT2D eigenvalue weighted by molar-refractivity contribution is 5.81. The zero-order valence-corrected chi connectivity index (χ0v) is 22.6. The number of hydrogen-bond donors (Lipinski definition) is 2. The average Bonchev–Trinajstić information content (AvgIpc) is 2.70. The van der Waals surface area contributed by atoms with Crippen LogP contribution in [0.15, 0.2) is 18.2 Å². The predicted molar refractivity (Wildman–Crippen MR) is 132 cm³/mol. The van der Waals surface area contributed by atoms with E-state index in [2.05, 4.69) is 5.32 Å². The Morgan fingerprint density at radius 3 is 1.86 bits per heavy atom. The fraction of sp³-hybridized carbons (Fsp3) is 0.615. The van der Waals surface area contributed by atoms with Crippen molar-refractivity contribution < 1.29 is 43.2 Å². The SMILES string of the molecule is CC(C)OC(=O)OC(C)CN[C@@H](Cc1ccc(OC(=O)C(C)(C)C)c(OC(=O)C(C)(C)C)c1)C(=O)O. The molecule has 202 valence electrons. The summed E-state index contributed by atoms with van der Waals surface area (Å²) in [4.78, 5) is 48.4. The third-order valence-corrected chi connectivity index (χ3v) is 4.66. The highest BCUT2D eigenvalue weighted by Gasteiger charge is 2.29. The van der Waals surface area contributed by atoms with Crippen LogP contribution >= 0.6 is 0 Å². The van der Waals surface area contributed by atoms with E-state index in [0.29, 0.717) is 5.56 Å². The molecule has 0 fully saturated rings. The summed E-state index contributed by atoms with van der Waals surface area (Å²) >= 11 is 0. The molecule has 10 heteroatoms. The lowest BCUT2D eigenvalue weighted by Crippen LogP contribution is -2.42. The van der Waals surface area contributed by atoms with Crippen LogP contribution in [-0.2, 0) is 30.3 Å². The van der Waals surface area contributed by atoms with Gasteiger partial charge in [-0.1, -0.05) is 6.07 Å². The van der Waals surface area contributed by atoms with Crippen molar-refractivity contribution in [3.8, 4) is 11.5 Å². The minimum absolute atomic E-state index is 0.0160. The minimum atomic E-state index is -1.12. The lowest BCUT2D eigenvalue weighted by molar-refractivity contribution is -0.145. The first-order chi connectivity index (χ1) is 16.4. The Balaban J connectivity index is 3.07. The molecule has 0 aliphatic heterocycles. The number of carboxylic acid groups (broad SMARTS) is 1. The Bertz CT molecular complexity index is 942. The number of rotatable bonds is 10. The zero-order valence-electron chi connectivity index (χ0n) is 22.6. The molecule has 1 aromatic carbocycles. The summed E-state index contributed by atoms with van der Waals surface area (Å²) < 4.78 is 21.0. The van der Waals surface area contributed by atoms with Crippen molar-refractivity contribution in [2.45, 2.75) is 87.0 Å². The van der Waals surface area contributed by atoms with Crippen molar-refractivity contribution in [2.75, 3.05) is 6.54 Å². The molecule has 10 nitrogen and oxygen atoms in total. The largest absolute Gasteiger partial charge is 0.508 e. The number of ether oxygens (including phenoxy) is 4. The Labute approximate surface area is 212 Å². The van der Waals surface area contributed by atoms with E-state index in [9.17, 15) is 24.3 Å². The van der Waals surface area contributed by atoms with Gasteiger partial charge in [-0.25, -0.2) is 4.79 Å². The molecule has 0 aliphatic carbocycles. The van der Waals surface area contributed by atoms with Crippen LogP contribution in [0, 0.1) is 10.8 Å². The third-order valence-electron chi connectivity index (χ3n) is 4.66. The summed E-state index contributed by atoms with van der Waals surface area (Å²) in [6, 6.07) is 3.51. The van der Waals surface area contributed by atoms with Crippen LogP contribution in [0.4, 0.5) is 4.79 Å². The highest BCUT2D eigenvalue weighted by atomic mass is 16.7. The van der Waals surface area contributed by atoms with Gasteiger partial charge in [0, 0.05) is 6.54 Å². The van der Waals surface area contributed by atoms with Gasteiger partial charge in [-0.3, -0.25) is 14.4 Å². The normalized spacial score (nSPS) is 13.5. The molecule has 36 heavy (non-hydrogen) atoms. The van der Waals surface area contributed by atoms with Crippen molar-refractivity contribution in [3.63, 3.8) is 0 Å². The fourth-order valence-corrected chi connectivity index (χ4v) is 2.57. The standard InChI is InChI=1S/C26H39NO9/c1-15(2)33-24(32)34-16(3)14-27-18(21(28)29)12-17-10-11-19(35-22(30)25(4,5)6)20(13-17)36-23(31)26(7,8)9/h10-11,13,15-16,18,27H,12,14H2,1-9H3,(H,28,29)/t16?,18-/m0/s1. The molecule has 1 aromatic rings. The van der Waals surface area contributed by atoms with Gasteiger partial charge in [0.1, 0.15) is 12.1 Å². The van der Waals surface area contributed by atoms with Crippen LogP contribution < -0.4 is 14.8 Å². The van der Waals surface area contributed by atoms with Crippen molar-refractivity contribution >= 4 is 24.1 Å². The van der Waals surface area contributed by atoms with Gasteiger partial charge in [-0.2, -0.15) is 0 Å². The first-order valence-corrected chi connectivity index (χ1v) is 11.8. The van der Waals surface area contributed by atoms with Gasteiger partial charge in [0.2, 0.25) is 0 Å². The van der Waals surface area contributed by atoms with Crippen LogP contribution in [-0.4, -0.2) is 54.0 Å². The Morgan fingerprint density at radius 1 is 0.861 bits per heavy atom. The van der Waals surface area contributed by atoms with Crippen molar-refractivity contribution in [2.24, 2.45) is 10.8 Å². The third kappa shape index (κ3) is 10.6. The van der Waals surface area contributed by atoms with Gasteiger partial charge in [0.25, 0.3) is 0 Å². The molecule has 0 aliphatic rings. The number of carboxylic acids is 1.